The van der Waals surface area contributed by atoms with Crippen LogP contribution in [0.25, 0.3) is 0 Å². The number of hydrogen-bond acceptors (Lipinski definition) is 3. The number of rotatable bonds is 4. The van der Waals surface area contributed by atoms with Gasteiger partial charge in [-0.05, 0) is 12.0 Å². The summed E-state index contributed by atoms with van der Waals surface area (Å²) >= 11 is 0. The molecule has 0 heterocycles. The third-order valence-corrected chi connectivity index (χ3v) is 2.03. The van der Waals surface area contributed by atoms with Gasteiger partial charge in [-0.1, -0.05) is 30.3 Å². The van der Waals surface area contributed by atoms with Gasteiger partial charge >= 0.3 is 5.97 Å². The highest BCUT2D eigenvalue weighted by molar-refractivity contribution is 5.69. The molecule has 1 N–H and O–H groups in total. The van der Waals surface area contributed by atoms with Crippen molar-refractivity contribution in [2.45, 2.75) is 18.9 Å². The maximum absolute atomic E-state index is 10.8. The normalized spacial score (nSPS) is 12.1. The molecular formula is C11H14O3. The fraction of sp³-hybridized carbons (Fsp3) is 0.364. The molecule has 0 fully saturated rings. The SMILES string of the molecule is COC(=O)CC[C@H](O)c1ccccc1. The van der Waals surface area contributed by atoms with Crippen molar-refractivity contribution in [1.82, 2.24) is 0 Å². The van der Waals surface area contributed by atoms with Crippen LogP contribution in [0.15, 0.2) is 30.3 Å². The molecule has 0 radical (unpaired) electrons. The minimum absolute atomic E-state index is 0.243. The minimum atomic E-state index is -0.588. The molecule has 0 aliphatic rings. The Morgan fingerprint density at radius 3 is 2.64 bits per heavy atom. The van der Waals surface area contributed by atoms with E-state index in [1.54, 1.807) is 0 Å². The van der Waals surface area contributed by atoms with Crippen molar-refractivity contribution in [2.24, 2.45) is 0 Å². The van der Waals surface area contributed by atoms with E-state index in [0.29, 0.717) is 6.42 Å². The van der Waals surface area contributed by atoms with Crippen molar-refractivity contribution in [2.75, 3.05) is 7.11 Å². The minimum Gasteiger partial charge on any atom is -0.469 e. The summed E-state index contributed by atoms with van der Waals surface area (Å²) in [4.78, 5) is 10.8. The zero-order valence-electron chi connectivity index (χ0n) is 8.14. The summed E-state index contributed by atoms with van der Waals surface area (Å²) in [5.74, 6) is -0.292. The smallest absolute Gasteiger partial charge is 0.305 e. The number of benzene rings is 1. The summed E-state index contributed by atoms with van der Waals surface area (Å²) in [6.07, 6.45) is 0.0544. The number of hydrogen-bond donors (Lipinski definition) is 1. The summed E-state index contributed by atoms with van der Waals surface area (Å²) in [5, 5.41) is 9.66. The number of ether oxygens (including phenoxy) is 1. The highest BCUT2D eigenvalue weighted by atomic mass is 16.5. The van der Waals surface area contributed by atoms with Crippen molar-refractivity contribution in [3.05, 3.63) is 35.9 Å². The fourth-order valence-electron chi connectivity index (χ4n) is 1.20. The first-order valence-corrected chi connectivity index (χ1v) is 4.54. The molecule has 3 heteroatoms. The third-order valence-electron chi connectivity index (χ3n) is 2.03. The van der Waals surface area contributed by atoms with Crippen LogP contribution in [0.4, 0.5) is 0 Å². The van der Waals surface area contributed by atoms with Gasteiger partial charge in [0.05, 0.1) is 13.2 Å². The summed E-state index contributed by atoms with van der Waals surface area (Å²) in [5.41, 5.74) is 0.830. The summed E-state index contributed by atoms with van der Waals surface area (Å²) < 4.78 is 4.49. The lowest BCUT2D eigenvalue weighted by Crippen LogP contribution is -2.04. The largest absolute Gasteiger partial charge is 0.469 e. The van der Waals surface area contributed by atoms with Crippen LogP contribution in [0.3, 0.4) is 0 Å². The van der Waals surface area contributed by atoms with Gasteiger partial charge in [0.1, 0.15) is 0 Å². The third kappa shape index (κ3) is 3.18. The topological polar surface area (TPSA) is 46.5 Å². The van der Waals surface area contributed by atoms with Gasteiger partial charge in [0.2, 0.25) is 0 Å². The molecule has 0 saturated carbocycles. The molecule has 1 aromatic rings. The van der Waals surface area contributed by atoms with E-state index in [9.17, 15) is 9.90 Å². The van der Waals surface area contributed by atoms with E-state index in [-0.39, 0.29) is 12.4 Å². The zero-order chi connectivity index (χ0) is 10.4. The van der Waals surface area contributed by atoms with Crippen molar-refractivity contribution >= 4 is 5.97 Å². The van der Waals surface area contributed by atoms with Crippen LogP contribution in [-0.4, -0.2) is 18.2 Å². The Morgan fingerprint density at radius 1 is 1.43 bits per heavy atom. The standard InChI is InChI=1S/C11H14O3/c1-14-11(13)8-7-10(12)9-5-3-2-4-6-9/h2-6,10,12H,7-8H2,1H3/t10-/m0/s1. The predicted molar refractivity (Wildman–Crippen MR) is 52.7 cm³/mol. The molecule has 0 aliphatic carbocycles. The van der Waals surface area contributed by atoms with Gasteiger partial charge < -0.3 is 9.84 Å². The maximum Gasteiger partial charge on any atom is 0.305 e. The Morgan fingerprint density at radius 2 is 2.07 bits per heavy atom. The summed E-state index contributed by atoms with van der Waals surface area (Å²) in [6, 6.07) is 9.27. The lowest BCUT2D eigenvalue weighted by Gasteiger charge is -2.09. The first kappa shape index (κ1) is 10.7. The van der Waals surface area contributed by atoms with E-state index in [1.165, 1.54) is 7.11 Å². The molecule has 76 valence electrons. The average Bonchev–Trinajstić information content (AvgIpc) is 2.26. The zero-order valence-corrected chi connectivity index (χ0v) is 8.14. The molecule has 0 amide bonds. The van der Waals surface area contributed by atoms with Crippen LogP contribution in [-0.2, 0) is 9.53 Å². The second-order valence-corrected chi connectivity index (χ2v) is 3.04. The van der Waals surface area contributed by atoms with Crippen molar-refractivity contribution in [3.63, 3.8) is 0 Å². The number of aliphatic hydroxyl groups excluding tert-OH is 1. The van der Waals surface area contributed by atoms with Crippen LogP contribution in [0.5, 0.6) is 0 Å². The van der Waals surface area contributed by atoms with Gasteiger partial charge in [-0.3, -0.25) is 4.79 Å². The van der Waals surface area contributed by atoms with E-state index in [1.807, 2.05) is 30.3 Å². The fourth-order valence-corrected chi connectivity index (χ4v) is 1.20. The van der Waals surface area contributed by atoms with E-state index in [4.69, 9.17) is 0 Å². The number of esters is 1. The first-order chi connectivity index (χ1) is 6.74. The van der Waals surface area contributed by atoms with Gasteiger partial charge in [-0.2, -0.15) is 0 Å². The second kappa shape index (κ2) is 5.40. The molecule has 1 aromatic carbocycles. The van der Waals surface area contributed by atoms with Gasteiger partial charge in [0.15, 0.2) is 0 Å². The Bertz CT molecular complexity index is 282. The predicted octanol–water partition coefficient (Wildman–Crippen LogP) is 1.67. The molecule has 1 rings (SSSR count). The monoisotopic (exact) mass is 194 g/mol. The number of aliphatic hydroxyl groups is 1. The van der Waals surface area contributed by atoms with Gasteiger partial charge in [-0.15, -0.1) is 0 Å². The molecule has 1 atom stereocenters. The molecule has 0 unspecified atom stereocenters. The molecule has 14 heavy (non-hydrogen) atoms. The van der Waals surface area contributed by atoms with E-state index in [2.05, 4.69) is 4.74 Å². The van der Waals surface area contributed by atoms with Gasteiger partial charge in [0.25, 0.3) is 0 Å². The first-order valence-electron chi connectivity index (χ1n) is 4.54. The van der Waals surface area contributed by atoms with Crippen LogP contribution >= 0.6 is 0 Å². The Balaban J connectivity index is 2.43. The average molecular weight is 194 g/mol. The lowest BCUT2D eigenvalue weighted by molar-refractivity contribution is -0.141. The van der Waals surface area contributed by atoms with Gasteiger partial charge in [-0.25, -0.2) is 0 Å². The number of methoxy groups -OCH3 is 1. The highest BCUT2D eigenvalue weighted by Crippen LogP contribution is 2.17. The Hall–Kier alpha value is -1.35. The van der Waals surface area contributed by atoms with E-state index < -0.39 is 6.10 Å². The quantitative estimate of drug-likeness (QED) is 0.742. The van der Waals surface area contributed by atoms with Crippen LogP contribution in [0, 0.1) is 0 Å². The van der Waals surface area contributed by atoms with Crippen molar-refractivity contribution < 1.29 is 14.6 Å². The highest BCUT2D eigenvalue weighted by Gasteiger charge is 2.09. The lowest BCUT2D eigenvalue weighted by atomic mass is 10.1. The van der Waals surface area contributed by atoms with Crippen molar-refractivity contribution in [3.8, 4) is 0 Å². The number of carbonyl (C=O) groups excluding carboxylic acids is 1. The summed E-state index contributed by atoms with van der Waals surface area (Å²) in [7, 11) is 1.34. The number of carbonyl (C=O) groups is 1. The van der Waals surface area contributed by atoms with Crippen LogP contribution in [0.1, 0.15) is 24.5 Å². The molecule has 0 saturated heterocycles. The molecule has 0 bridgehead atoms. The molecule has 3 nitrogen and oxygen atoms in total. The molecule has 0 spiro atoms. The molecule has 0 aliphatic heterocycles. The molecule has 0 aromatic heterocycles. The Labute approximate surface area is 83.3 Å². The van der Waals surface area contributed by atoms with Crippen LogP contribution < -0.4 is 0 Å². The summed E-state index contributed by atoms with van der Waals surface area (Å²) in [6.45, 7) is 0. The Kier molecular flexibility index (Phi) is 4.13. The maximum atomic E-state index is 10.8. The van der Waals surface area contributed by atoms with E-state index >= 15 is 0 Å². The molecular weight excluding hydrogens is 180 g/mol. The second-order valence-electron chi connectivity index (χ2n) is 3.04. The van der Waals surface area contributed by atoms with Crippen LogP contribution in [0.2, 0.25) is 0 Å². The van der Waals surface area contributed by atoms with Gasteiger partial charge in [0, 0.05) is 6.42 Å². The van der Waals surface area contributed by atoms with Crippen molar-refractivity contribution in [1.29, 1.82) is 0 Å². The van der Waals surface area contributed by atoms with E-state index in [0.717, 1.165) is 5.56 Å².